The standard InChI is InChI=1S/C14H13N3O2S/c1-3-19-13(18)12-8-20-14-16-11(7-17(12)14)10-5-4-6-15-9(10)2/h4-8H,3H2,1-2H3. The van der Waals surface area contributed by atoms with E-state index in [1.54, 1.807) is 22.9 Å². The number of ether oxygens (including phenoxy) is 1. The Balaban J connectivity index is 2.08. The van der Waals surface area contributed by atoms with Gasteiger partial charge in [-0.05, 0) is 26.0 Å². The monoisotopic (exact) mass is 287 g/mol. The molecule has 3 aromatic heterocycles. The molecule has 0 saturated carbocycles. The van der Waals surface area contributed by atoms with Crippen LogP contribution in [0.1, 0.15) is 23.1 Å². The van der Waals surface area contributed by atoms with Gasteiger partial charge in [-0.1, -0.05) is 0 Å². The summed E-state index contributed by atoms with van der Waals surface area (Å²) in [6.07, 6.45) is 3.60. The van der Waals surface area contributed by atoms with E-state index in [0.29, 0.717) is 12.3 Å². The molecule has 5 nitrogen and oxygen atoms in total. The number of rotatable bonds is 3. The van der Waals surface area contributed by atoms with Crippen LogP contribution in [0.5, 0.6) is 0 Å². The number of fused-ring (bicyclic) bond motifs is 1. The molecule has 0 saturated heterocycles. The highest BCUT2D eigenvalue weighted by Crippen LogP contribution is 2.25. The summed E-state index contributed by atoms with van der Waals surface area (Å²) in [7, 11) is 0. The van der Waals surface area contributed by atoms with Crippen LogP contribution in [0.15, 0.2) is 29.9 Å². The molecule has 3 aromatic rings. The average Bonchev–Trinajstić information content (AvgIpc) is 2.99. The number of imidazole rings is 1. The zero-order valence-corrected chi connectivity index (χ0v) is 12.0. The van der Waals surface area contributed by atoms with Crippen LogP contribution >= 0.6 is 11.3 Å². The Morgan fingerprint density at radius 2 is 2.35 bits per heavy atom. The van der Waals surface area contributed by atoms with Gasteiger partial charge in [0.1, 0.15) is 5.69 Å². The van der Waals surface area contributed by atoms with Crippen molar-refractivity contribution in [1.82, 2.24) is 14.4 Å². The SMILES string of the molecule is CCOC(=O)c1csc2nc(-c3cccnc3C)cn12. The van der Waals surface area contributed by atoms with Crippen LogP contribution in [0.3, 0.4) is 0 Å². The lowest BCUT2D eigenvalue weighted by Crippen LogP contribution is -2.06. The Bertz CT molecular complexity index is 776. The van der Waals surface area contributed by atoms with Gasteiger partial charge in [0.05, 0.1) is 12.3 Å². The van der Waals surface area contributed by atoms with E-state index in [2.05, 4.69) is 9.97 Å². The number of hydrogen-bond acceptors (Lipinski definition) is 5. The number of aryl methyl sites for hydroxylation is 1. The van der Waals surface area contributed by atoms with Crippen molar-refractivity contribution in [3.63, 3.8) is 0 Å². The van der Waals surface area contributed by atoms with Gasteiger partial charge in [-0.3, -0.25) is 9.38 Å². The molecule has 3 heterocycles. The number of pyridine rings is 1. The molecule has 0 aliphatic carbocycles. The fraction of sp³-hybridized carbons (Fsp3) is 0.214. The van der Waals surface area contributed by atoms with E-state index in [1.807, 2.05) is 25.3 Å². The molecule has 0 atom stereocenters. The summed E-state index contributed by atoms with van der Waals surface area (Å²) >= 11 is 1.42. The van der Waals surface area contributed by atoms with Crippen LogP contribution in [0, 0.1) is 6.92 Å². The van der Waals surface area contributed by atoms with Crippen LogP contribution in [0.2, 0.25) is 0 Å². The molecule has 0 aliphatic heterocycles. The minimum absolute atomic E-state index is 0.328. The predicted octanol–water partition coefficient (Wildman–Crippen LogP) is 2.94. The van der Waals surface area contributed by atoms with Gasteiger partial charge >= 0.3 is 5.97 Å². The lowest BCUT2D eigenvalue weighted by molar-refractivity contribution is 0.0518. The highest BCUT2D eigenvalue weighted by Gasteiger charge is 2.16. The van der Waals surface area contributed by atoms with Crippen molar-refractivity contribution in [2.45, 2.75) is 13.8 Å². The summed E-state index contributed by atoms with van der Waals surface area (Å²) in [4.78, 5) is 21.4. The van der Waals surface area contributed by atoms with Gasteiger partial charge < -0.3 is 4.74 Å². The van der Waals surface area contributed by atoms with Crippen LogP contribution in [-0.2, 0) is 4.74 Å². The summed E-state index contributed by atoms with van der Waals surface area (Å²) < 4.78 is 6.81. The summed E-state index contributed by atoms with van der Waals surface area (Å²) in [6.45, 7) is 4.09. The highest BCUT2D eigenvalue weighted by molar-refractivity contribution is 7.15. The molecule has 0 aromatic carbocycles. The molecule has 0 amide bonds. The lowest BCUT2D eigenvalue weighted by atomic mass is 10.1. The van der Waals surface area contributed by atoms with Crippen molar-refractivity contribution >= 4 is 22.3 Å². The number of esters is 1. The lowest BCUT2D eigenvalue weighted by Gasteiger charge is -2.00. The van der Waals surface area contributed by atoms with E-state index in [0.717, 1.165) is 21.9 Å². The Hall–Kier alpha value is -2.21. The highest BCUT2D eigenvalue weighted by atomic mass is 32.1. The van der Waals surface area contributed by atoms with E-state index in [-0.39, 0.29) is 5.97 Å². The van der Waals surface area contributed by atoms with Gasteiger partial charge in [0.2, 0.25) is 0 Å². The van der Waals surface area contributed by atoms with E-state index >= 15 is 0 Å². The predicted molar refractivity (Wildman–Crippen MR) is 77.0 cm³/mol. The minimum Gasteiger partial charge on any atom is -0.461 e. The maximum absolute atomic E-state index is 11.9. The third-order valence-corrected chi connectivity index (χ3v) is 3.82. The number of carbonyl (C=O) groups is 1. The molecule has 102 valence electrons. The fourth-order valence-corrected chi connectivity index (χ4v) is 2.86. The van der Waals surface area contributed by atoms with Gasteiger partial charge in [0, 0.05) is 29.0 Å². The van der Waals surface area contributed by atoms with Crippen LogP contribution in [-0.4, -0.2) is 26.9 Å². The van der Waals surface area contributed by atoms with Crippen molar-refractivity contribution in [1.29, 1.82) is 0 Å². The molecule has 0 unspecified atom stereocenters. The molecule has 20 heavy (non-hydrogen) atoms. The second-order valence-corrected chi connectivity index (χ2v) is 5.09. The van der Waals surface area contributed by atoms with E-state index in [4.69, 9.17) is 4.74 Å². The second-order valence-electron chi connectivity index (χ2n) is 4.26. The first-order valence-corrected chi connectivity index (χ1v) is 7.14. The van der Waals surface area contributed by atoms with Gasteiger partial charge in [-0.25, -0.2) is 9.78 Å². The zero-order chi connectivity index (χ0) is 14.1. The van der Waals surface area contributed by atoms with Crippen molar-refractivity contribution in [2.24, 2.45) is 0 Å². The van der Waals surface area contributed by atoms with E-state index in [1.165, 1.54) is 11.3 Å². The maximum Gasteiger partial charge on any atom is 0.356 e. The molecule has 3 rings (SSSR count). The van der Waals surface area contributed by atoms with Crippen molar-refractivity contribution in [2.75, 3.05) is 6.61 Å². The van der Waals surface area contributed by atoms with Crippen LogP contribution in [0.25, 0.3) is 16.2 Å². The van der Waals surface area contributed by atoms with E-state index in [9.17, 15) is 4.79 Å². The molecule has 6 heteroatoms. The Morgan fingerprint density at radius 3 is 3.10 bits per heavy atom. The molecule has 0 bridgehead atoms. The second kappa shape index (κ2) is 5.05. The van der Waals surface area contributed by atoms with Crippen LogP contribution in [0.4, 0.5) is 0 Å². The quantitative estimate of drug-likeness (QED) is 0.695. The van der Waals surface area contributed by atoms with Crippen molar-refractivity contribution in [3.05, 3.63) is 41.3 Å². The number of hydrogen-bond donors (Lipinski definition) is 0. The number of carbonyl (C=O) groups excluding carboxylic acids is 1. The normalized spacial score (nSPS) is 10.9. The third-order valence-electron chi connectivity index (χ3n) is 2.98. The Labute approximate surface area is 119 Å². The number of aromatic nitrogens is 3. The van der Waals surface area contributed by atoms with E-state index < -0.39 is 0 Å². The maximum atomic E-state index is 11.9. The molecule has 0 spiro atoms. The fourth-order valence-electron chi connectivity index (χ4n) is 2.02. The van der Waals surface area contributed by atoms with Crippen LogP contribution < -0.4 is 0 Å². The molecular weight excluding hydrogens is 274 g/mol. The first-order valence-electron chi connectivity index (χ1n) is 6.26. The van der Waals surface area contributed by atoms with Gasteiger partial charge in [-0.2, -0.15) is 0 Å². The summed E-state index contributed by atoms with van der Waals surface area (Å²) in [6, 6.07) is 3.85. The Kier molecular flexibility index (Phi) is 3.23. The first-order chi connectivity index (χ1) is 9.70. The first kappa shape index (κ1) is 12.8. The minimum atomic E-state index is -0.328. The molecule has 0 aliphatic rings. The largest absolute Gasteiger partial charge is 0.461 e. The van der Waals surface area contributed by atoms with Crippen molar-refractivity contribution < 1.29 is 9.53 Å². The smallest absolute Gasteiger partial charge is 0.356 e. The molecule has 0 radical (unpaired) electrons. The topological polar surface area (TPSA) is 56.5 Å². The Morgan fingerprint density at radius 1 is 1.50 bits per heavy atom. The summed E-state index contributed by atoms with van der Waals surface area (Å²) in [5, 5.41) is 1.76. The van der Waals surface area contributed by atoms with Gasteiger partial charge in [-0.15, -0.1) is 11.3 Å². The molecule has 0 N–H and O–H groups in total. The number of nitrogens with zero attached hydrogens (tertiary/aromatic N) is 3. The average molecular weight is 287 g/mol. The van der Waals surface area contributed by atoms with Crippen molar-refractivity contribution in [3.8, 4) is 11.3 Å². The third kappa shape index (κ3) is 2.08. The summed E-state index contributed by atoms with van der Waals surface area (Å²) in [5.41, 5.74) is 3.20. The molecule has 0 fully saturated rings. The zero-order valence-electron chi connectivity index (χ0n) is 11.2. The van der Waals surface area contributed by atoms with Gasteiger partial charge in [0.15, 0.2) is 4.96 Å². The molecular formula is C14H13N3O2S. The van der Waals surface area contributed by atoms with Gasteiger partial charge in [0.25, 0.3) is 0 Å². The summed E-state index contributed by atoms with van der Waals surface area (Å²) in [5.74, 6) is -0.328. The number of thiazole rings is 1.